The van der Waals surface area contributed by atoms with E-state index in [4.69, 9.17) is 37.0 Å². The second-order valence-electron chi connectivity index (χ2n) is 28.7. The van der Waals surface area contributed by atoms with E-state index in [9.17, 15) is 43.2 Å². The monoisotopic (exact) mass is 1380 g/mol. The van der Waals surface area contributed by atoms with Crippen molar-refractivity contribution in [1.29, 1.82) is 0 Å². The van der Waals surface area contributed by atoms with E-state index in [0.29, 0.717) is 31.6 Å². The third kappa shape index (κ3) is 67.3. The normalized spacial score (nSPS) is 14.4. The van der Waals surface area contributed by atoms with Crippen molar-refractivity contribution in [2.24, 2.45) is 23.7 Å². The van der Waals surface area contributed by atoms with Crippen molar-refractivity contribution in [2.75, 3.05) is 39.6 Å². The average molecular weight is 1380 g/mol. The predicted octanol–water partition coefficient (Wildman–Crippen LogP) is 21.7. The fraction of sp³-hybridized carbons (Fsp3) is 0.947. The molecule has 3 N–H and O–H groups in total. The molecule has 0 aliphatic rings. The number of ether oxygens (including phenoxy) is 4. The number of rotatable bonds is 72. The van der Waals surface area contributed by atoms with Crippen LogP contribution < -0.4 is 0 Å². The minimum absolute atomic E-state index is 0.103. The molecule has 6 atom stereocenters. The maximum absolute atomic E-state index is 13.0. The van der Waals surface area contributed by atoms with E-state index in [-0.39, 0.29) is 25.7 Å². The summed E-state index contributed by atoms with van der Waals surface area (Å²) in [5.74, 6) is 0.894. The smallest absolute Gasteiger partial charge is 0.462 e. The molecular formula is C75H146O17P2. The Balaban J connectivity index is 5.19. The first-order valence-corrected chi connectivity index (χ1v) is 41.7. The molecule has 0 aliphatic carbocycles. The van der Waals surface area contributed by atoms with Crippen LogP contribution in [0, 0.1) is 23.7 Å². The molecule has 0 amide bonds. The number of aliphatic hydroxyl groups is 1. The summed E-state index contributed by atoms with van der Waals surface area (Å²) < 4.78 is 68.4. The lowest BCUT2D eigenvalue weighted by Crippen LogP contribution is -2.30. The maximum Gasteiger partial charge on any atom is 0.472 e. The van der Waals surface area contributed by atoms with Gasteiger partial charge in [-0.15, -0.1) is 0 Å². The molecule has 0 aliphatic heterocycles. The number of aliphatic hydroxyl groups excluding tert-OH is 1. The zero-order valence-corrected chi connectivity index (χ0v) is 63.4. The molecule has 94 heavy (non-hydrogen) atoms. The summed E-state index contributed by atoms with van der Waals surface area (Å²) >= 11 is 0. The Morgan fingerprint density at radius 2 is 0.511 bits per heavy atom. The van der Waals surface area contributed by atoms with Crippen molar-refractivity contribution in [3.05, 3.63) is 0 Å². The van der Waals surface area contributed by atoms with E-state index in [1.807, 2.05) is 0 Å². The summed E-state index contributed by atoms with van der Waals surface area (Å²) in [6.45, 7) is 14.1. The van der Waals surface area contributed by atoms with Crippen molar-refractivity contribution in [2.45, 2.75) is 395 Å². The van der Waals surface area contributed by atoms with Gasteiger partial charge < -0.3 is 33.8 Å². The van der Waals surface area contributed by atoms with Crippen LogP contribution in [0.15, 0.2) is 0 Å². The van der Waals surface area contributed by atoms with Crippen LogP contribution in [0.5, 0.6) is 0 Å². The number of esters is 4. The summed E-state index contributed by atoms with van der Waals surface area (Å²) in [7, 11) is -9.91. The molecule has 0 saturated heterocycles. The van der Waals surface area contributed by atoms with Gasteiger partial charge in [0.15, 0.2) is 12.2 Å². The van der Waals surface area contributed by atoms with Crippen LogP contribution in [0.25, 0.3) is 0 Å². The largest absolute Gasteiger partial charge is 0.472 e. The van der Waals surface area contributed by atoms with Crippen molar-refractivity contribution in [3.63, 3.8) is 0 Å². The van der Waals surface area contributed by atoms with Gasteiger partial charge in [-0.1, -0.05) is 325 Å². The summed E-state index contributed by atoms with van der Waals surface area (Å²) in [5, 5.41) is 10.6. The van der Waals surface area contributed by atoms with Crippen molar-refractivity contribution >= 4 is 39.5 Å². The molecule has 17 nitrogen and oxygen atoms in total. The Labute approximate surface area is 575 Å². The van der Waals surface area contributed by atoms with Crippen LogP contribution in [-0.4, -0.2) is 96.7 Å². The van der Waals surface area contributed by atoms with E-state index in [2.05, 4.69) is 55.4 Å². The zero-order chi connectivity index (χ0) is 69.6. The Hall–Kier alpha value is -1.94. The van der Waals surface area contributed by atoms with E-state index >= 15 is 0 Å². The predicted molar refractivity (Wildman–Crippen MR) is 381 cm³/mol. The molecule has 0 heterocycles. The summed E-state index contributed by atoms with van der Waals surface area (Å²) in [4.78, 5) is 72.7. The summed E-state index contributed by atoms with van der Waals surface area (Å²) in [5.41, 5.74) is 0. The number of unbranched alkanes of at least 4 members (excludes halogenated alkanes) is 37. The van der Waals surface area contributed by atoms with Crippen molar-refractivity contribution in [3.8, 4) is 0 Å². The van der Waals surface area contributed by atoms with Gasteiger partial charge in [0.05, 0.1) is 26.4 Å². The molecule has 0 aromatic heterocycles. The Bertz CT molecular complexity index is 1850. The molecule has 0 bridgehead atoms. The standard InChI is InChI=1S/C75H146O17P2/c1-9-68(8)54-46-38-33-34-40-48-56-73(78)86-62-71(91-74(79)57-49-41-31-25-21-17-13-15-19-23-28-36-44-52-66(4)5)64-90-94(83,84)88-60-69(76)59-87-93(81,82)89-63-70(92-75(80)58-50-42-32-26-29-37-45-53-67(6)7)61-85-72(77)55-47-39-30-24-20-16-12-10-11-14-18-22-27-35-43-51-65(2)3/h65-71,76H,9-64H2,1-8H3,(H,81,82)(H,83,84)/t68?,69-,70-,71-/m1/s1. The average Bonchev–Trinajstić information content (AvgIpc) is 1.42. The van der Waals surface area contributed by atoms with Gasteiger partial charge in [0.1, 0.15) is 19.3 Å². The van der Waals surface area contributed by atoms with Gasteiger partial charge in [-0.05, 0) is 49.4 Å². The molecule has 0 spiro atoms. The van der Waals surface area contributed by atoms with E-state index < -0.39 is 97.5 Å². The highest BCUT2D eigenvalue weighted by Crippen LogP contribution is 2.45. The van der Waals surface area contributed by atoms with Gasteiger partial charge in [0.25, 0.3) is 0 Å². The molecule has 558 valence electrons. The molecule has 0 saturated carbocycles. The summed E-state index contributed by atoms with van der Waals surface area (Å²) in [6, 6.07) is 0. The fourth-order valence-corrected chi connectivity index (χ4v) is 12.9. The minimum atomic E-state index is -4.95. The molecule has 0 fully saturated rings. The van der Waals surface area contributed by atoms with Crippen LogP contribution in [0.3, 0.4) is 0 Å². The van der Waals surface area contributed by atoms with Gasteiger partial charge >= 0.3 is 39.5 Å². The quantitative estimate of drug-likeness (QED) is 0.0222. The molecule has 0 rings (SSSR count). The highest BCUT2D eigenvalue weighted by molar-refractivity contribution is 7.47. The molecule has 0 aromatic carbocycles. The number of hydrogen-bond donors (Lipinski definition) is 3. The van der Waals surface area contributed by atoms with Crippen LogP contribution in [0.2, 0.25) is 0 Å². The number of carbonyl (C=O) groups excluding carboxylic acids is 4. The number of phosphoric ester groups is 2. The van der Waals surface area contributed by atoms with Crippen LogP contribution in [-0.2, 0) is 65.4 Å². The number of phosphoric acid groups is 2. The van der Waals surface area contributed by atoms with E-state index in [1.54, 1.807) is 0 Å². The van der Waals surface area contributed by atoms with Gasteiger partial charge in [-0.25, -0.2) is 9.13 Å². The van der Waals surface area contributed by atoms with Crippen molar-refractivity contribution in [1.82, 2.24) is 0 Å². The Morgan fingerprint density at radius 1 is 0.298 bits per heavy atom. The Morgan fingerprint density at radius 3 is 0.755 bits per heavy atom. The third-order valence-electron chi connectivity index (χ3n) is 17.7. The Kier molecular flexibility index (Phi) is 63.1. The van der Waals surface area contributed by atoms with Crippen LogP contribution in [0.4, 0.5) is 0 Å². The van der Waals surface area contributed by atoms with E-state index in [1.165, 1.54) is 173 Å². The SMILES string of the molecule is CCC(C)CCCCCCCCC(=O)OC[C@H](COP(=O)(O)OC[C@H](O)COP(=O)(O)OC[C@@H](COC(=O)CCCCCCCCCCCCCCCCCC(C)C)OC(=O)CCCCCCCCCC(C)C)OC(=O)CCCCCCCCCCCCCCCC(C)C. The number of carbonyl (C=O) groups is 4. The summed E-state index contributed by atoms with van der Waals surface area (Å²) in [6.07, 6.45) is 48.7. The lowest BCUT2D eigenvalue weighted by Gasteiger charge is -2.21. The maximum atomic E-state index is 13.0. The first-order chi connectivity index (χ1) is 45.1. The molecule has 0 aromatic rings. The lowest BCUT2D eigenvalue weighted by atomic mass is 10.00. The lowest BCUT2D eigenvalue weighted by molar-refractivity contribution is -0.161. The van der Waals surface area contributed by atoms with Gasteiger partial charge in [0, 0.05) is 25.7 Å². The highest BCUT2D eigenvalue weighted by atomic mass is 31.2. The topological polar surface area (TPSA) is 237 Å². The molecule has 3 unspecified atom stereocenters. The molecule has 19 heteroatoms. The van der Waals surface area contributed by atoms with E-state index in [0.717, 1.165) is 114 Å². The first kappa shape index (κ1) is 92.1. The minimum Gasteiger partial charge on any atom is -0.462 e. The third-order valence-corrected chi connectivity index (χ3v) is 19.6. The first-order valence-electron chi connectivity index (χ1n) is 38.7. The fourth-order valence-electron chi connectivity index (χ4n) is 11.3. The second kappa shape index (κ2) is 64.4. The van der Waals surface area contributed by atoms with Crippen molar-refractivity contribution < 1.29 is 80.2 Å². The second-order valence-corrected chi connectivity index (χ2v) is 31.6. The van der Waals surface area contributed by atoms with Gasteiger partial charge in [0.2, 0.25) is 0 Å². The zero-order valence-electron chi connectivity index (χ0n) is 61.6. The molecular weight excluding hydrogens is 1230 g/mol. The molecule has 0 radical (unpaired) electrons. The highest BCUT2D eigenvalue weighted by Gasteiger charge is 2.30. The van der Waals surface area contributed by atoms with Crippen LogP contribution in [0.1, 0.15) is 376 Å². The van der Waals surface area contributed by atoms with Gasteiger partial charge in [-0.2, -0.15) is 0 Å². The van der Waals surface area contributed by atoms with Crippen LogP contribution >= 0.6 is 15.6 Å². The number of hydrogen-bond acceptors (Lipinski definition) is 15. The van der Waals surface area contributed by atoms with Gasteiger partial charge in [-0.3, -0.25) is 37.3 Å².